The topological polar surface area (TPSA) is 96.4 Å². The van der Waals surface area contributed by atoms with E-state index in [2.05, 4.69) is 10.3 Å². The number of hydrogen-bond donors (Lipinski definition) is 2. The van der Waals surface area contributed by atoms with Gasteiger partial charge in [-0.05, 0) is 37.1 Å². The number of H-pyrrole nitrogens is 1. The van der Waals surface area contributed by atoms with Gasteiger partial charge in [-0.25, -0.2) is 9.59 Å². The second kappa shape index (κ2) is 8.51. The minimum atomic E-state index is -0.729. The average molecular weight is 420 g/mol. The number of ether oxygens (including phenoxy) is 1. The van der Waals surface area contributed by atoms with Crippen LogP contribution in [0.1, 0.15) is 18.9 Å². The molecule has 3 aromatic rings. The van der Waals surface area contributed by atoms with Crippen molar-refractivity contribution in [2.75, 3.05) is 18.4 Å². The Balaban J connectivity index is 1.37. The molecular weight excluding hydrogens is 396 g/mol. The van der Waals surface area contributed by atoms with Crippen LogP contribution in [0.5, 0.6) is 0 Å². The van der Waals surface area contributed by atoms with Crippen LogP contribution >= 0.6 is 0 Å². The van der Waals surface area contributed by atoms with Crippen molar-refractivity contribution in [3.63, 3.8) is 0 Å². The molecule has 1 fully saturated rings. The summed E-state index contributed by atoms with van der Waals surface area (Å²) >= 11 is 0. The maximum atomic E-state index is 13.0. The fraction of sp³-hybridized carbons (Fsp3) is 0.261. The molecule has 1 atom stereocenters. The van der Waals surface area contributed by atoms with E-state index in [1.807, 2.05) is 37.3 Å². The lowest BCUT2D eigenvalue weighted by atomic mass is 9.88. The van der Waals surface area contributed by atoms with Gasteiger partial charge in [-0.3, -0.25) is 9.36 Å². The molecule has 0 saturated carbocycles. The van der Waals surface area contributed by atoms with Gasteiger partial charge in [-0.15, -0.1) is 0 Å². The predicted octanol–water partition coefficient (Wildman–Crippen LogP) is 3.15. The summed E-state index contributed by atoms with van der Waals surface area (Å²) in [5.41, 5.74) is 1.16. The van der Waals surface area contributed by atoms with Gasteiger partial charge in [0.15, 0.2) is 0 Å². The summed E-state index contributed by atoms with van der Waals surface area (Å²) in [6.07, 6.45) is 3.30. The van der Waals surface area contributed by atoms with Gasteiger partial charge in [0.25, 0.3) is 0 Å². The number of aromatic nitrogens is 2. The summed E-state index contributed by atoms with van der Waals surface area (Å²) in [6, 6.07) is 16.5. The Morgan fingerprint density at radius 2 is 1.97 bits per heavy atom. The molecular formula is C23H24N4O4. The first-order chi connectivity index (χ1) is 14.9. The number of aromatic amines is 1. The number of nitrogens with one attached hydrogen (secondary N) is 2. The Kier molecular flexibility index (Phi) is 5.62. The molecule has 1 aliphatic heterocycles. The van der Waals surface area contributed by atoms with Crippen LogP contribution in [0.25, 0.3) is 5.69 Å². The van der Waals surface area contributed by atoms with E-state index in [4.69, 9.17) is 4.74 Å². The number of carbonyl (C=O) groups is 2. The highest BCUT2D eigenvalue weighted by atomic mass is 16.6. The van der Waals surface area contributed by atoms with Gasteiger partial charge >= 0.3 is 11.8 Å². The molecule has 2 aromatic carbocycles. The zero-order valence-electron chi connectivity index (χ0n) is 17.2. The van der Waals surface area contributed by atoms with Crippen molar-refractivity contribution in [1.82, 2.24) is 14.5 Å². The maximum absolute atomic E-state index is 13.0. The third kappa shape index (κ3) is 4.53. The van der Waals surface area contributed by atoms with Crippen LogP contribution in [0.15, 0.2) is 71.8 Å². The molecule has 4 rings (SSSR count). The highest BCUT2D eigenvalue weighted by molar-refractivity contribution is 5.96. The summed E-state index contributed by atoms with van der Waals surface area (Å²) < 4.78 is 6.85. The van der Waals surface area contributed by atoms with Crippen LogP contribution in [-0.4, -0.2) is 39.5 Å². The van der Waals surface area contributed by atoms with Gasteiger partial charge in [0.05, 0.1) is 11.1 Å². The molecule has 0 aliphatic carbocycles. The van der Waals surface area contributed by atoms with Crippen LogP contribution in [0.2, 0.25) is 0 Å². The fourth-order valence-corrected chi connectivity index (χ4v) is 3.65. The fourth-order valence-electron chi connectivity index (χ4n) is 3.65. The van der Waals surface area contributed by atoms with E-state index in [0.717, 1.165) is 5.56 Å². The molecule has 0 radical (unpaired) electrons. The number of rotatable bonds is 5. The molecule has 2 heterocycles. The van der Waals surface area contributed by atoms with E-state index in [0.29, 0.717) is 24.3 Å². The molecule has 1 saturated heterocycles. The molecule has 1 aliphatic rings. The van der Waals surface area contributed by atoms with Crippen molar-refractivity contribution >= 4 is 17.7 Å². The Labute approximate surface area is 179 Å². The van der Waals surface area contributed by atoms with Gasteiger partial charge < -0.3 is 19.9 Å². The number of hydrogen-bond acceptors (Lipinski definition) is 4. The van der Waals surface area contributed by atoms with Gasteiger partial charge in [-0.1, -0.05) is 36.4 Å². The number of likely N-dealkylation sites (tertiary alicyclic amines) is 1. The van der Waals surface area contributed by atoms with E-state index in [-0.39, 0.29) is 24.7 Å². The Bertz CT molecular complexity index is 1140. The van der Waals surface area contributed by atoms with Crippen LogP contribution in [-0.2, 0) is 16.1 Å². The van der Waals surface area contributed by atoms with Crippen molar-refractivity contribution in [3.8, 4) is 5.69 Å². The number of imidazole rings is 1. The van der Waals surface area contributed by atoms with Crippen LogP contribution in [0.3, 0.4) is 0 Å². The molecule has 1 unspecified atom stereocenters. The first kappa shape index (κ1) is 20.5. The predicted molar refractivity (Wildman–Crippen MR) is 116 cm³/mol. The zero-order chi connectivity index (χ0) is 21.8. The van der Waals surface area contributed by atoms with E-state index in [9.17, 15) is 14.4 Å². The number of benzene rings is 2. The van der Waals surface area contributed by atoms with E-state index >= 15 is 0 Å². The molecule has 160 valence electrons. The minimum Gasteiger partial charge on any atom is -0.445 e. The van der Waals surface area contributed by atoms with Gasteiger partial charge in [0.2, 0.25) is 5.91 Å². The quantitative estimate of drug-likeness (QED) is 0.663. The first-order valence-corrected chi connectivity index (χ1v) is 10.1. The van der Waals surface area contributed by atoms with Gasteiger partial charge in [0, 0.05) is 31.2 Å². The Hall–Kier alpha value is -3.81. The number of carbonyl (C=O) groups excluding carboxylic acids is 2. The molecule has 2 N–H and O–H groups in total. The first-order valence-electron chi connectivity index (χ1n) is 10.1. The Morgan fingerprint density at radius 3 is 2.71 bits per heavy atom. The van der Waals surface area contributed by atoms with Crippen molar-refractivity contribution in [1.29, 1.82) is 0 Å². The van der Waals surface area contributed by atoms with Gasteiger partial charge in [0.1, 0.15) is 6.61 Å². The van der Waals surface area contributed by atoms with Crippen molar-refractivity contribution in [3.05, 3.63) is 83.0 Å². The van der Waals surface area contributed by atoms with Crippen LogP contribution in [0.4, 0.5) is 10.5 Å². The molecule has 8 heteroatoms. The van der Waals surface area contributed by atoms with Gasteiger partial charge in [-0.2, -0.15) is 0 Å². The summed E-state index contributed by atoms with van der Waals surface area (Å²) in [6.45, 7) is 2.78. The standard InChI is InChI=1S/C23H24N4O4/c1-23(10-12-26(16-23)22(30)31-15-17-6-3-2-4-7-17)20(28)25-18-8-5-9-19(14-18)27-13-11-24-21(27)29/h2-9,11,13-14H,10,12,15-16H2,1H3,(H,24,29)(H,25,28). The van der Waals surface area contributed by atoms with E-state index < -0.39 is 11.5 Å². The lowest BCUT2D eigenvalue weighted by molar-refractivity contribution is -0.124. The lowest BCUT2D eigenvalue weighted by Crippen LogP contribution is -2.38. The van der Waals surface area contributed by atoms with Crippen molar-refractivity contribution in [2.24, 2.45) is 5.41 Å². The summed E-state index contributed by atoms with van der Waals surface area (Å²) in [4.78, 5) is 41.4. The molecule has 2 amide bonds. The van der Waals surface area contributed by atoms with Crippen LogP contribution < -0.4 is 11.0 Å². The molecule has 0 spiro atoms. The summed E-state index contributed by atoms with van der Waals surface area (Å²) in [5.74, 6) is -0.176. The van der Waals surface area contributed by atoms with E-state index in [1.165, 1.54) is 4.57 Å². The SMILES string of the molecule is CC1(C(=O)Nc2cccc(-n3cc[nH]c3=O)c2)CCN(C(=O)OCc2ccccc2)C1. The summed E-state index contributed by atoms with van der Waals surface area (Å²) in [5, 5.41) is 2.92. The number of nitrogens with zero attached hydrogens (tertiary/aromatic N) is 2. The molecule has 8 nitrogen and oxygen atoms in total. The number of anilines is 1. The Morgan fingerprint density at radius 1 is 1.16 bits per heavy atom. The molecule has 31 heavy (non-hydrogen) atoms. The van der Waals surface area contributed by atoms with Crippen molar-refractivity contribution in [2.45, 2.75) is 20.0 Å². The van der Waals surface area contributed by atoms with Crippen LogP contribution in [0, 0.1) is 5.41 Å². The second-order valence-electron chi connectivity index (χ2n) is 7.91. The van der Waals surface area contributed by atoms with E-state index in [1.54, 1.807) is 41.6 Å². The second-order valence-corrected chi connectivity index (χ2v) is 7.91. The summed E-state index contributed by atoms with van der Waals surface area (Å²) in [7, 11) is 0. The van der Waals surface area contributed by atoms with Crippen molar-refractivity contribution < 1.29 is 14.3 Å². The monoisotopic (exact) mass is 420 g/mol. The maximum Gasteiger partial charge on any atom is 0.410 e. The minimum absolute atomic E-state index is 0.176. The largest absolute Gasteiger partial charge is 0.445 e. The highest BCUT2D eigenvalue weighted by Gasteiger charge is 2.42. The molecule has 1 aromatic heterocycles. The highest BCUT2D eigenvalue weighted by Crippen LogP contribution is 2.32. The third-order valence-corrected chi connectivity index (χ3v) is 5.52. The smallest absolute Gasteiger partial charge is 0.410 e. The third-order valence-electron chi connectivity index (χ3n) is 5.52. The molecule has 0 bridgehead atoms. The lowest BCUT2D eigenvalue weighted by Gasteiger charge is -2.23. The number of amides is 2. The average Bonchev–Trinajstić information content (AvgIpc) is 3.39. The zero-order valence-corrected chi connectivity index (χ0v) is 17.2. The normalized spacial score (nSPS) is 18.0.